The van der Waals surface area contributed by atoms with Gasteiger partial charge in [0.15, 0.2) is 0 Å². The number of carbonyl (C=O) groups is 1. The molecule has 2 heterocycles. The minimum atomic E-state index is 0.0428. The van der Waals surface area contributed by atoms with E-state index in [4.69, 9.17) is 4.74 Å². The summed E-state index contributed by atoms with van der Waals surface area (Å²) in [5.74, 6) is 2.99. The number of carbonyl (C=O) groups excluding carboxylic acids is 1. The second-order valence-electron chi connectivity index (χ2n) is 6.73. The lowest BCUT2D eigenvalue weighted by atomic mass is 9.78. The van der Waals surface area contributed by atoms with E-state index in [1.807, 2.05) is 11.8 Å². The van der Waals surface area contributed by atoms with Gasteiger partial charge in [0.2, 0.25) is 0 Å². The molecule has 2 saturated heterocycles. The molecule has 0 aromatic carbocycles. The molecular weight excluding hydrogens is 232 g/mol. The van der Waals surface area contributed by atoms with E-state index in [1.165, 1.54) is 5.75 Å². The molecule has 1 spiro atoms. The Bertz CT molecular complexity index is 287. The van der Waals surface area contributed by atoms with Crippen LogP contribution < -0.4 is 0 Å². The molecule has 3 heteroatoms. The summed E-state index contributed by atoms with van der Waals surface area (Å²) in [6, 6.07) is 0. The molecule has 98 valence electrons. The van der Waals surface area contributed by atoms with Gasteiger partial charge in [-0.05, 0) is 30.4 Å². The van der Waals surface area contributed by atoms with Crippen LogP contribution in [0.1, 0.15) is 46.5 Å². The van der Waals surface area contributed by atoms with Crippen molar-refractivity contribution in [2.24, 2.45) is 11.3 Å². The highest BCUT2D eigenvalue weighted by atomic mass is 32.2. The summed E-state index contributed by atoms with van der Waals surface area (Å²) < 4.78 is 5.96. The highest BCUT2D eigenvalue weighted by molar-refractivity contribution is 7.99. The third-order valence-corrected chi connectivity index (χ3v) is 4.94. The van der Waals surface area contributed by atoms with Crippen molar-refractivity contribution in [1.29, 1.82) is 0 Å². The first-order chi connectivity index (χ1) is 7.90. The van der Waals surface area contributed by atoms with Gasteiger partial charge in [-0.3, -0.25) is 4.79 Å². The lowest BCUT2D eigenvalue weighted by molar-refractivity contribution is -0.135. The van der Waals surface area contributed by atoms with Crippen molar-refractivity contribution in [1.82, 2.24) is 0 Å². The third kappa shape index (κ3) is 3.47. The summed E-state index contributed by atoms with van der Waals surface area (Å²) >= 11 is 1.97. The smallest absolute Gasteiger partial charge is 0.136 e. The zero-order valence-corrected chi connectivity index (χ0v) is 12.1. The van der Waals surface area contributed by atoms with Gasteiger partial charge >= 0.3 is 0 Å². The first kappa shape index (κ1) is 13.4. The van der Waals surface area contributed by atoms with Gasteiger partial charge in [0.1, 0.15) is 5.78 Å². The second kappa shape index (κ2) is 4.93. The summed E-state index contributed by atoms with van der Waals surface area (Å²) in [5, 5.41) is 0. The van der Waals surface area contributed by atoms with E-state index in [-0.39, 0.29) is 16.9 Å². The first-order valence-electron chi connectivity index (χ1n) is 6.65. The number of hydrogen-bond acceptors (Lipinski definition) is 3. The fourth-order valence-corrected chi connectivity index (χ4v) is 4.21. The molecular formula is C14H24O2S. The van der Waals surface area contributed by atoms with Crippen LogP contribution in [-0.2, 0) is 9.53 Å². The maximum absolute atomic E-state index is 12.3. The standard InChI is InChI=1S/C14H24O2S/c1-13(2,3)9-12(15)11-4-6-16-14(8-11)5-7-17-10-14/h11H,4-10H2,1-3H3. The Morgan fingerprint density at radius 3 is 2.82 bits per heavy atom. The van der Waals surface area contributed by atoms with Crippen LogP contribution in [0.15, 0.2) is 0 Å². The third-order valence-electron chi connectivity index (χ3n) is 3.72. The molecule has 2 aliphatic heterocycles. The van der Waals surface area contributed by atoms with Crippen molar-refractivity contribution in [2.75, 3.05) is 18.1 Å². The molecule has 2 atom stereocenters. The summed E-state index contributed by atoms with van der Waals surface area (Å²) in [4.78, 5) is 12.3. The molecule has 0 N–H and O–H groups in total. The molecule has 0 saturated carbocycles. The number of hydrogen-bond donors (Lipinski definition) is 0. The number of Topliss-reactive ketones (excluding diaryl/α,β-unsaturated/α-hetero) is 1. The van der Waals surface area contributed by atoms with E-state index in [0.717, 1.165) is 31.6 Å². The lowest BCUT2D eigenvalue weighted by Crippen LogP contribution is -2.42. The van der Waals surface area contributed by atoms with Gasteiger partial charge in [-0.1, -0.05) is 20.8 Å². The molecule has 0 amide bonds. The number of ether oxygens (including phenoxy) is 1. The topological polar surface area (TPSA) is 26.3 Å². The van der Waals surface area contributed by atoms with Gasteiger partial charge in [0.05, 0.1) is 5.60 Å². The van der Waals surface area contributed by atoms with Gasteiger partial charge in [-0.25, -0.2) is 0 Å². The van der Waals surface area contributed by atoms with Crippen molar-refractivity contribution in [3.05, 3.63) is 0 Å². The Balaban J connectivity index is 1.95. The fourth-order valence-electron chi connectivity index (χ4n) is 2.83. The lowest BCUT2D eigenvalue weighted by Gasteiger charge is -2.37. The van der Waals surface area contributed by atoms with Crippen molar-refractivity contribution in [2.45, 2.75) is 52.1 Å². The fraction of sp³-hybridized carbons (Fsp3) is 0.929. The highest BCUT2D eigenvalue weighted by Crippen LogP contribution is 2.41. The van der Waals surface area contributed by atoms with Crippen LogP contribution in [0.2, 0.25) is 0 Å². The van der Waals surface area contributed by atoms with Crippen LogP contribution >= 0.6 is 11.8 Å². The van der Waals surface area contributed by atoms with Gasteiger partial charge in [0.25, 0.3) is 0 Å². The van der Waals surface area contributed by atoms with Crippen LogP contribution in [0.5, 0.6) is 0 Å². The molecule has 0 bridgehead atoms. The van der Waals surface area contributed by atoms with Gasteiger partial charge in [0, 0.05) is 24.7 Å². The Hall–Kier alpha value is -0.0200. The Labute approximate surface area is 109 Å². The predicted molar refractivity (Wildman–Crippen MR) is 72.4 cm³/mol. The molecule has 2 rings (SSSR count). The van der Waals surface area contributed by atoms with Crippen molar-refractivity contribution in [3.8, 4) is 0 Å². The average molecular weight is 256 g/mol. The Morgan fingerprint density at radius 2 is 2.24 bits per heavy atom. The molecule has 0 aromatic heterocycles. The van der Waals surface area contributed by atoms with E-state index in [1.54, 1.807) is 0 Å². The summed E-state index contributed by atoms with van der Waals surface area (Å²) in [7, 11) is 0. The van der Waals surface area contributed by atoms with Crippen LogP contribution in [0.25, 0.3) is 0 Å². The normalized spacial score (nSPS) is 34.2. The zero-order chi connectivity index (χ0) is 12.5. The highest BCUT2D eigenvalue weighted by Gasteiger charge is 2.42. The minimum absolute atomic E-state index is 0.0428. The quantitative estimate of drug-likeness (QED) is 0.758. The van der Waals surface area contributed by atoms with E-state index < -0.39 is 0 Å². The number of thioether (sulfide) groups is 1. The number of ketones is 1. The number of rotatable bonds is 2. The molecule has 2 fully saturated rings. The minimum Gasteiger partial charge on any atom is -0.374 e. The van der Waals surface area contributed by atoms with Crippen molar-refractivity contribution >= 4 is 17.5 Å². The molecule has 0 aliphatic carbocycles. The maximum atomic E-state index is 12.3. The molecule has 2 unspecified atom stereocenters. The Morgan fingerprint density at radius 1 is 1.47 bits per heavy atom. The van der Waals surface area contributed by atoms with E-state index >= 15 is 0 Å². The SMILES string of the molecule is CC(C)(C)CC(=O)C1CCOC2(CCSC2)C1. The maximum Gasteiger partial charge on any atom is 0.136 e. The molecule has 0 aromatic rings. The van der Waals surface area contributed by atoms with Crippen LogP contribution in [0, 0.1) is 11.3 Å². The summed E-state index contributed by atoms with van der Waals surface area (Å²) in [5.41, 5.74) is 0.161. The van der Waals surface area contributed by atoms with E-state index in [9.17, 15) is 4.79 Å². The van der Waals surface area contributed by atoms with E-state index in [0.29, 0.717) is 12.2 Å². The summed E-state index contributed by atoms with van der Waals surface area (Å²) in [6.07, 6.45) is 3.74. The van der Waals surface area contributed by atoms with Crippen LogP contribution in [0.3, 0.4) is 0 Å². The van der Waals surface area contributed by atoms with Gasteiger partial charge in [-0.2, -0.15) is 11.8 Å². The zero-order valence-electron chi connectivity index (χ0n) is 11.3. The van der Waals surface area contributed by atoms with Gasteiger partial charge < -0.3 is 4.74 Å². The second-order valence-corrected chi connectivity index (χ2v) is 7.83. The molecule has 17 heavy (non-hydrogen) atoms. The molecule has 2 nitrogen and oxygen atoms in total. The molecule has 2 aliphatic rings. The predicted octanol–water partition coefficient (Wildman–Crippen LogP) is 3.29. The first-order valence-corrected chi connectivity index (χ1v) is 7.80. The monoisotopic (exact) mass is 256 g/mol. The van der Waals surface area contributed by atoms with Crippen molar-refractivity contribution in [3.63, 3.8) is 0 Å². The molecule has 0 radical (unpaired) electrons. The average Bonchev–Trinajstić information content (AvgIpc) is 2.64. The van der Waals surface area contributed by atoms with Gasteiger partial charge in [-0.15, -0.1) is 0 Å². The largest absolute Gasteiger partial charge is 0.374 e. The Kier molecular flexibility index (Phi) is 3.89. The van der Waals surface area contributed by atoms with Crippen LogP contribution in [0.4, 0.5) is 0 Å². The van der Waals surface area contributed by atoms with Crippen LogP contribution in [-0.4, -0.2) is 29.5 Å². The van der Waals surface area contributed by atoms with Crippen molar-refractivity contribution < 1.29 is 9.53 Å². The van der Waals surface area contributed by atoms with E-state index in [2.05, 4.69) is 20.8 Å². The summed E-state index contributed by atoms with van der Waals surface area (Å²) in [6.45, 7) is 7.21.